The van der Waals surface area contributed by atoms with Crippen LogP contribution in [-0.2, 0) is 6.54 Å². The van der Waals surface area contributed by atoms with Crippen molar-refractivity contribution in [3.05, 3.63) is 45.0 Å². The predicted octanol–water partition coefficient (Wildman–Crippen LogP) is 2.48. The molecule has 6 nitrogen and oxygen atoms in total. The molecule has 0 radical (unpaired) electrons. The fourth-order valence-electron chi connectivity index (χ4n) is 2.25. The maximum Gasteiger partial charge on any atom is 0.270 e. The van der Waals surface area contributed by atoms with E-state index in [-0.39, 0.29) is 16.7 Å². The van der Waals surface area contributed by atoms with E-state index in [1.807, 2.05) is 0 Å². The number of aromatic nitrogens is 2. The Balaban J connectivity index is 2.09. The Morgan fingerprint density at radius 1 is 1.45 bits per heavy atom. The van der Waals surface area contributed by atoms with Crippen molar-refractivity contribution in [2.45, 2.75) is 19.4 Å². The number of nitro benzene ring substituents is 1. The van der Waals surface area contributed by atoms with E-state index in [0.717, 1.165) is 18.2 Å². The van der Waals surface area contributed by atoms with Gasteiger partial charge in [0.05, 0.1) is 22.2 Å². The second-order valence-corrected chi connectivity index (χ2v) is 5.83. The third-order valence-corrected chi connectivity index (χ3v) is 4.95. The van der Waals surface area contributed by atoms with Gasteiger partial charge in [0.25, 0.3) is 11.2 Å². The third kappa shape index (κ3) is 2.22. The van der Waals surface area contributed by atoms with E-state index < -0.39 is 4.92 Å². The van der Waals surface area contributed by atoms with Gasteiger partial charge in [-0.2, -0.15) is 0 Å². The molecule has 7 heteroatoms. The lowest BCUT2D eigenvalue weighted by Crippen LogP contribution is -2.25. The van der Waals surface area contributed by atoms with Crippen molar-refractivity contribution >= 4 is 32.5 Å². The van der Waals surface area contributed by atoms with Gasteiger partial charge in [0.2, 0.25) is 0 Å². The number of benzene rings is 1. The first-order valence-corrected chi connectivity index (χ1v) is 7.36. The van der Waals surface area contributed by atoms with Gasteiger partial charge in [-0.3, -0.25) is 19.5 Å². The van der Waals surface area contributed by atoms with Gasteiger partial charge in [0.15, 0.2) is 0 Å². The average molecular weight is 338 g/mol. The van der Waals surface area contributed by atoms with Crippen molar-refractivity contribution in [1.29, 1.82) is 0 Å². The maximum atomic E-state index is 12.4. The van der Waals surface area contributed by atoms with Gasteiger partial charge < -0.3 is 0 Å². The molecule has 104 valence electrons. The lowest BCUT2D eigenvalue weighted by molar-refractivity contribution is -0.384. The molecule has 1 fully saturated rings. The number of hydrogen-bond acceptors (Lipinski definition) is 4. The third-order valence-electron chi connectivity index (χ3n) is 3.76. The molecular weight excluding hydrogens is 326 g/mol. The molecule has 0 aliphatic heterocycles. The molecule has 0 unspecified atom stereocenters. The summed E-state index contributed by atoms with van der Waals surface area (Å²) in [5.74, 6) is 0. The van der Waals surface area contributed by atoms with Gasteiger partial charge in [-0.05, 0) is 24.3 Å². The summed E-state index contributed by atoms with van der Waals surface area (Å²) < 4.78 is 1.56. The quantitative estimate of drug-likeness (QED) is 0.487. The molecule has 0 atom stereocenters. The van der Waals surface area contributed by atoms with Crippen LogP contribution in [-0.4, -0.2) is 19.8 Å². The summed E-state index contributed by atoms with van der Waals surface area (Å²) in [4.78, 5) is 26.9. The second-order valence-electron chi connectivity index (χ2n) is 5.27. The zero-order chi connectivity index (χ0) is 14.3. The molecule has 0 spiro atoms. The van der Waals surface area contributed by atoms with Crippen LogP contribution >= 0.6 is 15.9 Å². The first kappa shape index (κ1) is 13.2. The van der Waals surface area contributed by atoms with Crippen molar-refractivity contribution in [2.24, 2.45) is 5.41 Å². The Hall–Kier alpha value is -1.76. The number of halogens is 1. The fraction of sp³-hybridized carbons (Fsp3) is 0.385. The van der Waals surface area contributed by atoms with Crippen molar-refractivity contribution in [2.75, 3.05) is 5.33 Å². The minimum atomic E-state index is -0.503. The van der Waals surface area contributed by atoms with Crippen LogP contribution in [0.15, 0.2) is 29.3 Å². The maximum absolute atomic E-state index is 12.4. The van der Waals surface area contributed by atoms with Crippen molar-refractivity contribution in [3.63, 3.8) is 0 Å². The zero-order valence-electron chi connectivity index (χ0n) is 10.6. The molecule has 1 saturated carbocycles. The number of fused-ring (bicyclic) bond motifs is 1. The van der Waals surface area contributed by atoms with Gasteiger partial charge in [-0.15, -0.1) is 0 Å². The summed E-state index contributed by atoms with van der Waals surface area (Å²) in [5, 5.41) is 11.9. The van der Waals surface area contributed by atoms with Gasteiger partial charge in [-0.25, -0.2) is 4.98 Å². The van der Waals surface area contributed by atoms with E-state index in [1.165, 1.54) is 24.5 Å². The molecule has 0 amide bonds. The zero-order valence-corrected chi connectivity index (χ0v) is 12.2. The number of hydrogen-bond donors (Lipinski definition) is 0. The molecule has 3 rings (SSSR count). The topological polar surface area (TPSA) is 78.0 Å². The minimum absolute atomic E-state index is 0.0872. The van der Waals surface area contributed by atoms with Crippen molar-refractivity contribution in [3.8, 4) is 0 Å². The van der Waals surface area contributed by atoms with E-state index in [9.17, 15) is 14.9 Å². The largest absolute Gasteiger partial charge is 0.298 e. The fourth-order valence-corrected chi connectivity index (χ4v) is 2.98. The number of non-ortho nitro benzene ring substituents is 1. The number of nitro groups is 1. The predicted molar refractivity (Wildman–Crippen MR) is 78.1 cm³/mol. The first-order chi connectivity index (χ1) is 9.54. The highest BCUT2D eigenvalue weighted by molar-refractivity contribution is 9.09. The normalized spacial score (nSPS) is 16.2. The molecular formula is C13H12BrN3O3. The van der Waals surface area contributed by atoms with Gasteiger partial charge in [0.1, 0.15) is 0 Å². The smallest absolute Gasteiger partial charge is 0.270 e. The van der Waals surface area contributed by atoms with Crippen molar-refractivity contribution in [1.82, 2.24) is 9.55 Å². The molecule has 0 saturated heterocycles. The van der Waals surface area contributed by atoms with Crippen LogP contribution in [0.4, 0.5) is 5.69 Å². The summed E-state index contributed by atoms with van der Waals surface area (Å²) in [7, 11) is 0. The molecule has 2 aromatic rings. The number of rotatable bonds is 4. The Morgan fingerprint density at radius 3 is 2.80 bits per heavy atom. The Morgan fingerprint density at radius 2 is 2.20 bits per heavy atom. The summed E-state index contributed by atoms with van der Waals surface area (Å²) in [6.45, 7) is 0.600. The molecule has 1 aromatic heterocycles. The van der Waals surface area contributed by atoms with E-state index in [0.29, 0.717) is 17.4 Å². The van der Waals surface area contributed by atoms with Gasteiger partial charge in [0, 0.05) is 24.0 Å². The van der Waals surface area contributed by atoms with Crippen LogP contribution in [0, 0.1) is 15.5 Å². The molecule has 1 aromatic carbocycles. The highest BCUT2D eigenvalue weighted by atomic mass is 79.9. The summed E-state index contributed by atoms with van der Waals surface area (Å²) in [6, 6.07) is 4.17. The highest BCUT2D eigenvalue weighted by Crippen LogP contribution is 2.48. The van der Waals surface area contributed by atoms with Gasteiger partial charge >= 0.3 is 0 Å². The standard InChI is InChI=1S/C13H12BrN3O3/c14-6-13(3-4-13)7-16-8-15-11-2-1-9(17(19)20)5-10(11)12(16)18/h1-2,5,8H,3-4,6-7H2. The second kappa shape index (κ2) is 4.66. The Bertz CT molecular complexity index is 752. The lowest BCUT2D eigenvalue weighted by Gasteiger charge is -2.13. The minimum Gasteiger partial charge on any atom is -0.298 e. The number of nitrogens with zero attached hydrogens (tertiary/aromatic N) is 3. The van der Waals surface area contributed by atoms with E-state index >= 15 is 0 Å². The molecule has 1 aliphatic rings. The molecule has 0 bridgehead atoms. The number of alkyl halides is 1. The van der Waals surface area contributed by atoms with Crippen LogP contribution in [0.5, 0.6) is 0 Å². The Kier molecular flexibility index (Phi) is 3.08. The van der Waals surface area contributed by atoms with Crippen LogP contribution in [0.3, 0.4) is 0 Å². The van der Waals surface area contributed by atoms with Crippen LogP contribution in [0.25, 0.3) is 10.9 Å². The monoisotopic (exact) mass is 337 g/mol. The van der Waals surface area contributed by atoms with Crippen LogP contribution < -0.4 is 5.56 Å². The van der Waals surface area contributed by atoms with Crippen molar-refractivity contribution < 1.29 is 4.92 Å². The average Bonchev–Trinajstić information content (AvgIpc) is 3.22. The van der Waals surface area contributed by atoms with E-state index in [4.69, 9.17) is 0 Å². The van der Waals surface area contributed by atoms with E-state index in [2.05, 4.69) is 20.9 Å². The van der Waals surface area contributed by atoms with Crippen LogP contribution in [0.2, 0.25) is 0 Å². The van der Waals surface area contributed by atoms with Crippen LogP contribution in [0.1, 0.15) is 12.8 Å². The summed E-state index contributed by atoms with van der Waals surface area (Å²) in [5.41, 5.74) is 0.321. The van der Waals surface area contributed by atoms with E-state index in [1.54, 1.807) is 4.57 Å². The molecule has 20 heavy (non-hydrogen) atoms. The summed E-state index contributed by atoms with van der Waals surface area (Å²) in [6.07, 6.45) is 3.69. The molecule has 1 aliphatic carbocycles. The lowest BCUT2D eigenvalue weighted by atomic mass is 10.1. The molecule has 1 heterocycles. The molecule has 0 N–H and O–H groups in total. The summed E-state index contributed by atoms with van der Waals surface area (Å²) >= 11 is 3.47. The Labute approximate surface area is 122 Å². The first-order valence-electron chi connectivity index (χ1n) is 6.24. The SMILES string of the molecule is O=c1c2cc([N+](=O)[O-])ccc2ncn1CC1(CBr)CC1. The van der Waals surface area contributed by atoms with Gasteiger partial charge in [-0.1, -0.05) is 15.9 Å². The highest BCUT2D eigenvalue weighted by Gasteiger charge is 2.42.